The molecule has 0 aliphatic carbocycles. The van der Waals surface area contributed by atoms with E-state index in [0.29, 0.717) is 18.9 Å². The van der Waals surface area contributed by atoms with Crippen molar-refractivity contribution in [3.63, 3.8) is 0 Å². The Balaban J connectivity index is 1.66. The van der Waals surface area contributed by atoms with Crippen LogP contribution in [-0.2, 0) is 25.6 Å². The summed E-state index contributed by atoms with van der Waals surface area (Å²) in [5.41, 5.74) is 5.94. The van der Waals surface area contributed by atoms with E-state index in [1.165, 1.54) is 17.1 Å². The Bertz CT molecular complexity index is 468. The number of amides is 1. The van der Waals surface area contributed by atoms with Gasteiger partial charge in [-0.1, -0.05) is 0 Å². The highest BCUT2D eigenvalue weighted by Crippen LogP contribution is 2.05. The van der Waals surface area contributed by atoms with Crippen LogP contribution in [0, 0.1) is 0 Å². The molecule has 1 amide bonds. The van der Waals surface area contributed by atoms with Gasteiger partial charge in [0.2, 0.25) is 0 Å². The zero-order valence-electron chi connectivity index (χ0n) is 11.1. The van der Waals surface area contributed by atoms with E-state index < -0.39 is 5.97 Å². The fraction of sp³-hybridized carbons (Fsp3) is 0.583. The lowest BCUT2D eigenvalue weighted by Gasteiger charge is -2.22. The molecule has 3 N–H and O–H groups in total. The van der Waals surface area contributed by atoms with Crippen LogP contribution in [0.4, 0.5) is 5.69 Å². The van der Waals surface area contributed by atoms with Crippen LogP contribution >= 0.6 is 0 Å². The monoisotopic (exact) mass is 282 g/mol. The third kappa shape index (κ3) is 4.54. The molecule has 1 aliphatic heterocycles. The summed E-state index contributed by atoms with van der Waals surface area (Å²) >= 11 is 0. The van der Waals surface area contributed by atoms with E-state index in [1.54, 1.807) is 0 Å². The first-order chi connectivity index (χ1) is 9.63. The van der Waals surface area contributed by atoms with Crippen LogP contribution in [0.5, 0.6) is 0 Å². The Morgan fingerprint density at radius 3 is 2.90 bits per heavy atom. The van der Waals surface area contributed by atoms with Crippen molar-refractivity contribution >= 4 is 17.6 Å². The van der Waals surface area contributed by atoms with Gasteiger partial charge in [-0.15, -0.1) is 0 Å². The summed E-state index contributed by atoms with van der Waals surface area (Å²) in [6, 6.07) is 0.0980. The van der Waals surface area contributed by atoms with Crippen molar-refractivity contribution in [2.45, 2.75) is 25.4 Å². The molecule has 20 heavy (non-hydrogen) atoms. The lowest BCUT2D eigenvalue weighted by Crippen LogP contribution is -2.41. The summed E-state index contributed by atoms with van der Waals surface area (Å²) in [6.45, 7) is 0.936. The molecule has 2 heterocycles. The number of anilines is 1. The SMILES string of the molecule is Nc1cnn(CC(=O)OCC(=O)NC2CCOCC2)c1. The van der Waals surface area contributed by atoms with Crippen molar-refractivity contribution in [1.82, 2.24) is 15.1 Å². The van der Waals surface area contributed by atoms with Crippen molar-refractivity contribution < 1.29 is 19.1 Å². The van der Waals surface area contributed by atoms with E-state index in [1.807, 2.05) is 0 Å². The van der Waals surface area contributed by atoms with E-state index in [-0.39, 0.29) is 25.1 Å². The van der Waals surface area contributed by atoms with Crippen molar-refractivity contribution in [3.05, 3.63) is 12.4 Å². The maximum absolute atomic E-state index is 11.6. The third-order valence-electron chi connectivity index (χ3n) is 2.89. The van der Waals surface area contributed by atoms with Crippen LogP contribution in [-0.4, -0.2) is 47.5 Å². The molecular formula is C12H18N4O4. The van der Waals surface area contributed by atoms with Crippen molar-refractivity contribution in [3.8, 4) is 0 Å². The van der Waals surface area contributed by atoms with Gasteiger partial charge in [-0.25, -0.2) is 0 Å². The van der Waals surface area contributed by atoms with Crippen LogP contribution in [0.1, 0.15) is 12.8 Å². The minimum atomic E-state index is -0.532. The highest BCUT2D eigenvalue weighted by atomic mass is 16.5. The number of nitrogens with two attached hydrogens (primary N) is 1. The molecule has 8 nitrogen and oxygen atoms in total. The molecule has 1 saturated heterocycles. The second-order valence-corrected chi connectivity index (χ2v) is 4.59. The molecule has 2 rings (SSSR count). The standard InChI is InChI=1S/C12H18N4O4/c13-9-5-14-16(6-9)7-12(18)20-8-11(17)15-10-1-3-19-4-2-10/h5-6,10H,1-4,7-8,13H2,(H,15,17). The minimum Gasteiger partial charge on any atom is -0.454 e. The predicted molar refractivity (Wildman–Crippen MR) is 69.6 cm³/mol. The molecule has 110 valence electrons. The molecule has 0 aromatic carbocycles. The lowest BCUT2D eigenvalue weighted by molar-refractivity contribution is -0.149. The van der Waals surface area contributed by atoms with Crippen molar-refractivity contribution in [2.24, 2.45) is 0 Å². The Labute approximate surface area is 116 Å². The van der Waals surface area contributed by atoms with Gasteiger partial charge in [0.05, 0.1) is 11.9 Å². The van der Waals surface area contributed by atoms with Crippen molar-refractivity contribution in [2.75, 3.05) is 25.6 Å². The molecule has 0 spiro atoms. The fourth-order valence-electron chi connectivity index (χ4n) is 1.90. The summed E-state index contributed by atoms with van der Waals surface area (Å²) < 4.78 is 11.4. The number of nitrogens with zero attached hydrogens (tertiary/aromatic N) is 2. The quantitative estimate of drug-likeness (QED) is 0.692. The van der Waals surface area contributed by atoms with Crippen molar-refractivity contribution in [1.29, 1.82) is 0 Å². The number of nitrogen functional groups attached to an aromatic ring is 1. The fourth-order valence-corrected chi connectivity index (χ4v) is 1.90. The molecule has 0 unspecified atom stereocenters. The Morgan fingerprint density at radius 1 is 1.50 bits per heavy atom. The highest BCUT2D eigenvalue weighted by molar-refractivity contribution is 5.80. The van der Waals surface area contributed by atoms with Crippen LogP contribution in [0.25, 0.3) is 0 Å². The zero-order valence-corrected chi connectivity index (χ0v) is 11.1. The van der Waals surface area contributed by atoms with Gasteiger partial charge in [-0.2, -0.15) is 5.10 Å². The molecular weight excluding hydrogens is 264 g/mol. The normalized spacial score (nSPS) is 15.8. The second-order valence-electron chi connectivity index (χ2n) is 4.59. The van der Waals surface area contributed by atoms with Gasteiger partial charge in [-0.05, 0) is 12.8 Å². The van der Waals surface area contributed by atoms with E-state index in [0.717, 1.165) is 12.8 Å². The van der Waals surface area contributed by atoms with Gasteiger partial charge in [0.15, 0.2) is 6.61 Å². The average Bonchev–Trinajstić information content (AvgIpc) is 2.83. The molecule has 1 aliphatic rings. The Kier molecular flexibility index (Phi) is 4.94. The van der Waals surface area contributed by atoms with Gasteiger partial charge < -0.3 is 20.5 Å². The molecule has 8 heteroatoms. The molecule has 0 atom stereocenters. The molecule has 1 fully saturated rings. The van der Waals surface area contributed by atoms with E-state index in [9.17, 15) is 9.59 Å². The second kappa shape index (κ2) is 6.90. The highest BCUT2D eigenvalue weighted by Gasteiger charge is 2.17. The molecule has 1 aromatic rings. The largest absolute Gasteiger partial charge is 0.454 e. The summed E-state index contributed by atoms with van der Waals surface area (Å²) in [5, 5.41) is 6.66. The van der Waals surface area contributed by atoms with Crippen LogP contribution in [0.2, 0.25) is 0 Å². The number of ether oxygens (including phenoxy) is 2. The molecule has 0 saturated carbocycles. The number of hydrogen-bond acceptors (Lipinski definition) is 6. The van der Waals surface area contributed by atoms with E-state index in [4.69, 9.17) is 15.2 Å². The number of rotatable bonds is 5. The number of hydrogen-bond donors (Lipinski definition) is 2. The first-order valence-electron chi connectivity index (χ1n) is 6.44. The van der Waals surface area contributed by atoms with Crippen LogP contribution in [0.15, 0.2) is 12.4 Å². The topological polar surface area (TPSA) is 108 Å². The van der Waals surface area contributed by atoms with Gasteiger partial charge in [0.25, 0.3) is 5.91 Å². The lowest BCUT2D eigenvalue weighted by atomic mass is 10.1. The van der Waals surface area contributed by atoms with E-state index in [2.05, 4.69) is 10.4 Å². The predicted octanol–water partition coefficient (Wildman–Crippen LogP) is -0.696. The number of aromatic nitrogens is 2. The zero-order chi connectivity index (χ0) is 14.4. The van der Waals surface area contributed by atoms with E-state index >= 15 is 0 Å². The minimum absolute atomic E-state index is 0.0677. The van der Waals surface area contributed by atoms with Crippen LogP contribution < -0.4 is 11.1 Å². The summed E-state index contributed by atoms with van der Waals surface area (Å²) in [5.74, 6) is -0.833. The maximum atomic E-state index is 11.6. The average molecular weight is 282 g/mol. The third-order valence-corrected chi connectivity index (χ3v) is 2.89. The summed E-state index contributed by atoms with van der Waals surface area (Å²) in [4.78, 5) is 23.1. The van der Waals surface area contributed by atoms with Crippen LogP contribution in [0.3, 0.4) is 0 Å². The summed E-state index contributed by atoms with van der Waals surface area (Å²) in [7, 11) is 0. The Morgan fingerprint density at radius 2 is 2.25 bits per heavy atom. The maximum Gasteiger partial charge on any atom is 0.328 e. The van der Waals surface area contributed by atoms with Gasteiger partial charge >= 0.3 is 5.97 Å². The summed E-state index contributed by atoms with van der Waals surface area (Å²) in [6.07, 6.45) is 4.52. The Hall–Kier alpha value is -2.09. The molecule has 0 radical (unpaired) electrons. The first-order valence-corrected chi connectivity index (χ1v) is 6.44. The van der Waals surface area contributed by atoms with Gasteiger partial charge in [0.1, 0.15) is 6.54 Å². The molecule has 0 bridgehead atoms. The number of carbonyl (C=O) groups is 2. The van der Waals surface area contributed by atoms with Gasteiger partial charge in [-0.3, -0.25) is 14.3 Å². The smallest absolute Gasteiger partial charge is 0.328 e. The number of carbonyl (C=O) groups excluding carboxylic acids is 2. The number of nitrogens with one attached hydrogen (secondary N) is 1. The number of esters is 1. The van der Waals surface area contributed by atoms with Gasteiger partial charge in [0, 0.05) is 25.5 Å². The first kappa shape index (κ1) is 14.3. The molecule has 1 aromatic heterocycles.